The van der Waals surface area contributed by atoms with Crippen molar-refractivity contribution in [3.05, 3.63) is 64.2 Å². The molecule has 2 aromatic carbocycles. The molecule has 0 aliphatic carbocycles. The Hall–Kier alpha value is -2.29. The number of carbonyl (C=O) groups is 1. The van der Waals surface area contributed by atoms with E-state index in [0.717, 1.165) is 35.4 Å². The lowest BCUT2D eigenvalue weighted by Crippen LogP contribution is -2.36. The van der Waals surface area contributed by atoms with Crippen molar-refractivity contribution in [1.29, 1.82) is 0 Å². The van der Waals surface area contributed by atoms with Crippen molar-refractivity contribution < 1.29 is 9.53 Å². The van der Waals surface area contributed by atoms with Crippen molar-refractivity contribution in [2.75, 3.05) is 13.7 Å². The molecule has 3 rings (SSSR count). The van der Waals surface area contributed by atoms with Gasteiger partial charge in [-0.1, -0.05) is 38.1 Å². The number of fused-ring (bicyclic) bond motifs is 1. The maximum Gasteiger partial charge on any atom is 0.254 e. The molecular formula is C21H25NO2. The van der Waals surface area contributed by atoms with E-state index in [-0.39, 0.29) is 5.91 Å². The molecule has 0 fully saturated rings. The molecule has 1 aliphatic heterocycles. The smallest absolute Gasteiger partial charge is 0.254 e. The van der Waals surface area contributed by atoms with Gasteiger partial charge in [-0.15, -0.1) is 0 Å². The number of rotatable bonds is 3. The minimum Gasteiger partial charge on any atom is -0.496 e. The van der Waals surface area contributed by atoms with E-state index in [1.165, 1.54) is 11.1 Å². The Morgan fingerprint density at radius 2 is 1.88 bits per heavy atom. The van der Waals surface area contributed by atoms with Crippen LogP contribution in [0.15, 0.2) is 36.4 Å². The first-order valence-electron chi connectivity index (χ1n) is 8.56. The first kappa shape index (κ1) is 16.6. The first-order chi connectivity index (χ1) is 11.5. The molecule has 24 heavy (non-hydrogen) atoms. The van der Waals surface area contributed by atoms with Gasteiger partial charge in [-0.3, -0.25) is 4.79 Å². The second kappa shape index (κ2) is 6.68. The van der Waals surface area contributed by atoms with Gasteiger partial charge in [0.2, 0.25) is 0 Å². The summed E-state index contributed by atoms with van der Waals surface area (Å²) in [6, 6.07) is 12.4. The SMILES string of the molecule is COc1cc(C)c(C(=O)N2CCc3ccccc3C2)cc1C(C)C. The van der Waals surface area contributed by atoms with Gasteiger partial charge >= 0.3 is 0 Å². The highest BCUT2D eigenvalue weighted by Gasteiger charge is 2.24. The number of methoxy groups -OCH3 is 1. The Bertz CT molecular complexity index is 764. The first-order valence-corrected chi connectivity index (χ1v) is 8.56. The molecule has 0 saturated carbocycles. The van der Waals surface area contributed by atoms with Crippen LogP contribution in [0.1, 0.15) is 52.4 Å². The van der Waals surface area contributed by atoms with Gasteiger partial charge in [0.25, 0.3) is 5.91 Å². The number of benzene rings is 2. The summed E-state index contributed by atoms with van der Waals surface area (Å²) in [6.45, 7) is 7.70. The number of aryl methyl sites for hydroxylation is 1. The van der Waals surface area contributed by atoms with Crippen LogP contribution < -0.4 is 4.74 Å². The summed E-state index contributed by atoms with van der Waals surface area (Å²) in [4.78, 5) is 15.0. The molecule has 0 saturated heterocycles. The van der Waals surface area contributed by atoms with E-state index >= 15 is 0 Å². The predicted molar refractivity (Wildman–Crippen MR) is 96.7 cm³/mol. The molecule has 1 heterocycles. The van der Waals surface area contributed by atoms with Crippen LogP contribution in [0.4, 0.5) is 0 Å². The standard InChI is InChI=1S/C21H25NO2/c1-14(2)18-12-19(15(3)11-20(18)24-4)21(23)22-10-9-16-7-5-6-8-17(16)13-22/h5-8,11-12,14H,9-10,13H2,1-4H3. The zero-order valence-corrected chi connectivity index (χ0v) is 14.9. The van der Waals surface area contributed by atoms with Crippen molar-refractivity contribution in [1.82, 2.24) is 4.90 Å². The third kappa shape index (κ3) is 3.03. The highest BCUT2D eigenvalue weighted by atomic mass is 16.5. The van der Waals surface area contributed by atoms with E-state index in [2.05, 4.69) is 32.0 Å². The Morgan fingerprint density at radius 1 is 1.17 bits per heavy atom. The van der Waals surface area contributed by atoms with Crippen LogP contribution in [0, 0.1) is 6.92 Å². The van der Waals surface area contributed by atoms with E-state index < -0.39 is 0 Å². The summed E-state index contributed by atoms with van der Waals surface area (Å²) in [5.74, 6) is 1.30. The normalized spacial score (nSPS) is 13.8. The topological polar surface area (TPSA) is 29.5 Å². The van der Waals surface area contributed by atoms with Crippen LogP contribution in [-0.2, 0) is 13.0 Å². The average Bonchev–Trinajstić information content (AvgIpc) is 2.60. The van der Waals surface area contributed by atoms with E-state index in [1.807, 2.05) is 30.0 Å². The van der Waals surface area contributed by atoms with E-state index in [4.69, 9.17) is 4.74 Å². The van der Waals surface area contributed by atoms with E-state index in [9.17, 15) is 4.79 Å². The molecular weight excluding hydrogens is 298 g/mol. The number of ether oxygens (including phenoxy) is 1. The van der Waals surface area contributed by atoms with Crippen molar-refractivity contribution in [2.45, 2.75) is 39.7 Å². The number of hydrogen-bond donors (Lipinski definition) is 0. The molecule has 1 amide bonds. The number of amides is 1. The third-order valence-electron chi connectivity index (χ3n) is 4.85. The molecule has 1 aliphatic rings. The summed E-state index contributed by atoms with van der Waals surface area (Å²) >= 11 is 0. The lowest BCUT2D eigenvalue weighted by Gasteiger charge is -2.29. The predicted octanol–water partition coefficient (Wildman–Crippen LogP) is 4.33. The van der Waals surface area contributed by atoms with Gasteiger partial charge in [0.15, 0.2) is 0 Å². The molecule has 3 nitrogen and oxygen atoms in total. The molecule has 0 radical (unpaired) electrons. The molecule has 0 atom stereocenters. The number of carbonyl (C=O) groups excluding carboxylic acids is 1. The van der Waals surface area contributed by atoms with E-state index in [0.29, 0.717) is 12.5 Å². The summed E-state index contributed by atoms with van der Waals surface area (Å²) in [5, 5.41) is 0. The van der Waals surface area contributed by atoms with Crippen molar-refractivity contribution in [3.63, 3.8) is 0 Å². The van der Waals surface area contributed by atoms with Gasteiger partial charge < -0.3 is 9.64 Å². The Morgan fingerprint density at radius 3 is 2.54 bits per heavy atom. The molecule has 126 valence electrons. The Labute approximate surface area is 144 Å². The fourth-order valence-corrected chi connectivity index (χ4v) is 3.40. The molecule has 0 aromatic heterocycles. The lowest BCUT2D eigenvalue weighted by atomic mass is 9.94. The van der Waals surface area contributed by atoms with Crippen LogP contribution in [0.5, 0.6) is 5.75 Å². The fraction of sp³-hybridized carbons (Fsp3) is 0.381. The molecule has 3 heteroatoms. The largest absolute Gasteiger partial charge is 0.496 e. The maximum absolute atomic E-state index is 13.1. The summed E-state index contributed by atoms with van der Waals surface area (Å²) in [5.41, 5.74) is 5.46. The van der Waals surface area contributed by atoms with Crippen LogP contribution in [0.2, 0.25) is 0 Å². The maximum atomic E-state index is 13.1. The molecule has 0 spiro atoms. The van der Waals surface area contributed by atoms with Gasteiger partial charge in [-0.2, -0.15) is 0 Å². The van der Waals surface area contributed by atoms with Gasteiger partial charge in [0.05, 0.1) is 7.11 Å². The van der Waals surface area contributed by atoms with Crippen LogP contribution in [0.25, 0.3) is 0 Å². The van der Waals surface area contributed by atoms with Crippen molar-refractivity contribution in [3.8, 4) is 5.75 Å². The van der Waals surface area contributed by atoms with Crippen LogP contribution in [-0.4, -0.2) is 24.5 Å². The third-order valence-corrected chi connectivity index (χ3v) is 4.85. The van der Waals surface area contributed by atoms with E-state index in [1.54, 1.807) is 7.11 Å². The summed E-state index contributed by atoms with van der Waals surface area (Å²) in [6.07, 6.45) is 0.925. The summed E-state index contributed by atoms with van der Waals surface area (Å²) in [7, 11) is 1.68. The van der Waals surface area contributed by atoms with Gasteiger partial charge in [-0.05, 0) is 53.6 Å². The van der Waals surface area contributed by atoms with Crippen LogP contribution in [0.3, 0.4) is 0 Å². The highest BCUT2D eigenvalue weighted by Crippen LogP contribution is 2.31. The van der Waals surface area contributed by atoms with Crippen LogP contribution >= 0.6 is 0 Å². The second-order valence-electron chi connectivity index (χ2n) is 6.81. The molecule has 2 aromatic rings. The lowest BCUT2D eigenvalue weighted by molar-refractivity contribution is 0.0734. The summed E-state index contributed by atoms with van der Waals surface area (Å²) < 4.78 is 5.49. The molecule has 0 unspecified atom stereocenters. The van der Waals surface area contributed by atoms with Crippen molar-refractivity contribution in [2.24, 2.45) is 0 Å². The minimum absolute atomic E-state index is 0.117. The fourth-order valence-electron chi connectivity index (χ4n) is 3.40. The average molecular weight is 323 g/mol. The van der Waals surface area contributed by atoms with Gasteiger partial charge in [-0.25, -0.2) is 0 Å². The second-order valence-corrected chi connectivity index (χ2v) is 6.81. The Balaban J connectivity index is 1.92. The quantitative estimate of drug-likeness (QED) is 0.841. The molecule has 0 bridgehead atoms. The zero-order chi connectivity index (χ0) is 17.3. The Kier molecular flexibility index (Phi) is 4.61. The monoisotopic (exact) mass is 323 g/mol. The number of nitrogens with zero attached hydrogens (tertiary/aromatic N) is 1. The molecule has 0 N–H and O–H groups in total. The van der Waals surface area contributed by atoms with Gasteiger partial charge in [0.1, 0.15) is 5.75 Å². The van der Waals surface area contributed by atoms with Crippen molar-refractivity contribution >= 4 is 5.91 Å². The number of hydrogen-bond acceptors (Lipinski definition) is 2. The highest BCUT2D eigenvalue weighted by molar-refractivity contribution is 5.96. The minimum atomic E-state index is 0.117. The van der Waals surface area contributed by atoms with Gasteiger partial charge in [0, 0.05) is 18.7 Å². The zero-order valence-electron chi connectivity index (χ0n) is 14.9.